The van der Waals surface area contributed by atoms with Crippen LogP contribution in [0.3, 0.4) is 0 Å². The summed E-state index contributed by atoms with van der Waals surface area (Å²) in [6.07, 6.45) is 0.670. The lowest BCUT2D eigenvalue weighted by molar-refractivity contribution is 0.418. The molecule has 2 rings (SSSR count). The van der Waals surface area contributed by atoms with Crippen molar-refractivity contribution in [3.8, 4) is 11.6 Å². The molecule has 0 saturated carbocycles. The van der Waals surface area contributed by atoms with Crippen LogP contribution >= 0.6 is 0 Å². The Bertz CT molecular complexity index is 620. The Morgan fingerprint density at radius 3 is 2.75 bits per heavy atom. The Morgan fingerprint density at radius 2 is 2.10 bits per heavy atom. The number of nitrogens with zero attached hydrogens (tertiary/aromatic N) is 2. The number of ether oxygens (including phenoxy) is 1. The fourth-order valence-electron chi connectivity index (χ4n) is 2.15. The number of rotatable bonds is 4. The molecule has 2 aromatic rings. The number of benzene rings is 1. The molecular weight excluding hydrogens is 257 g/mol. The van der Waals surface area contributed by atoms with Gasteiger partial charge in [0.2, 0.25) is 5.88 Å². The summed E-state index contributed by atoms with van der Waals surface area (Å²) in [5, 5.41) is 4.35. The second-order valence-corrected chi connectivity index (χ2v) is 5.19. The minimum absolute atomic E-state index is 0.00820. The van der Waals surface area contributed by atoms with Gasteiger partial charge in [-0.3, -0.25) is 0 Å². The SMILES string of the molecule is Cc1ccc(F)cc1Oc1c(CC(C)N)c(C)nn1C. The summed E-state index contributed by atoms with van der Waals surface area (Å²) in [7, 11) is 1.81. The van der Waals surface area contributed by atoms with Crippen LogP contribution in [-0.2, 0) is 13.5 Å². The molecule has 2 N–H and O–H groups in total. The molecule has 1 heterocycles. The molecule has 1 atom stereocenters. The first-order chi connectivity index (χ1) is 9.38. The van der Waals surface area contributed by atoms with Crippen molar-refractivity contribution in [3.63, 3.8) is 0 Å². The van der Waals surface area contributed by atoms with Crippen LogP contribution in [-0.4, -0.2) is 15.8 Å². The van der Waals surface area contributed by atoms with Gasteiger partial charge in [-0.2, -0.15) is 5.10 Å². The van der Waals surface area contributed by atoms with Crippen LogP contribution in [0, 0.1) is 19.7 Å². The average Bonchev–Trinajstić information content (AvgIpc) is 2.60. The predicted molar refractivity (Wildman–Crippen MR) is 76.5 cm³/mol. The topological polar surface area (TPSA) is 53.1 Å². The Labute approximate surface area is 118 Å². The van der Waals surface area contributed by atoms with Gasteiger partial charge in [0, 0.05) is 24.7 Å². The molecule has 0 saturated heterocycles. The van der Waals surface area contributed by atoms with Crippen LogP contribution in [0.4, 0.5) is 4.39 Å². The third-order valence-electron chi connectivity index (χ3n) is 3.17. The van der Waals surface area contributed by atoms with Crippen molar-refractivity contribution in [1.29, 1.82) is 0 Å². The third kappa shape index (κ3) is 2.99. The molecule has 0 radical (unpaired) electrons. The van der Waals surface area contributed by atoms with Crippen molar-refractivity contribution in [2.75, 3.05) is 0 Å². The minimum Gasteiger partial charge on any atom is -0.439 e. The van der Waals surface area contributed by atoms with E-state index in [0.717, 1.165) is 16.8 Å². The molecule has 4 nitrogen and oxygen atoms in total. The number of halogens is 1. The summed E-state index contributed by atoms with van der Waals surface area (Å²) in [6.45, 7) is 5.73. The highest BCUT2D eigenvalue weighted by Crippen LogP contribution is 2.30. The lowest BCUT2D eigenvalue weighted by Crippen LogP contribution is -2.18. The smallest absolute Gasteiger partial charge is 0.221 e. The van der Waals surface area contributed by atoms with Crippen molar-refractivity contribution < 1.29 is 9.13 Å². The lowest BCUT2D eigenvalue weighted by atomic mass is 10.1. The van der Waals surface area contributed by atoms with E-state index >= 15 is 0 Å². The fraction of sp³-hybridized carbons (Fsp3) is 0.400. The van der Waals surface area contributed by atoms with Crippen LogP contribution in [0.25, 0.3) is 0 Å². The highest BCUT2D eigenvalue weighted by atomic mass is 19.1. The van der Waals surface area contributed by atoms with Gasteiger partial charge in [-0.1, -0.05) is 6.07 Å². The average molecular weight is 277 g/mol. The maximum atomic E-state index is 13.3. The first-order valence-electron chi connectivity index (χ1n) is 6.60. The van der Waals surface area contributed by atoms with E-state index in [1.54, 1.807) is 10.7 Å². The highest BCUT2D eigenvalue weighted by Gasteiger charge is 2.17. The second kappa shape index (κ2) is 5.63. The van der Waals surface area contributed by atoms with E-state index in [0.29, 0.717) is 18.1 Å². The maximum absolute atomic E-state index is 13.3. The molecule has 0 aliphatic rings. The van der Waals surface area contributed by atoms with E-state index in [1.165, 1.54) is 12.1 Å². The van der Waals surface area contributed by atoms with Crippen LogP contribution in [0.5, 0.6) is 11.6 Å². The summed E-state index contributed by atoms with van der Waals surface area (Å²) < 4.78 is 20.9. The lowest BCUT2D eigenvalue weighted by Gasteiger charge is -2.12. The molecule has 0 fully saturated rings. The van der Waals surface area contributed by atoms with Crippen molar-refractivity contribution in [3.05, 3.63) is 40.8 Å². The summed E-state index contributed by atoms with van der Waals surface area (Å²) >= 11 is 0. The third-order valence-corrected chi connectivity index (χ3v) is 3.17. The summed E-state index contributed by atoms with van der Waals surface area (Å²) in [5.74, 6) is 0.797. The molecule has 5 heteroatoms. The Morgan fingerprint density at radius 1 is 1.40 bits per heavy atom. The monoisotopic (exact) mass is 277 g/mol. The number of hydrogen-bond acceptors (Lipinski definition) is 3. The number of hydrogen-bond donors (Lipinski definition) is 1. The zero-order valence-corrected chi connectivity index (χ0v) is 12.3. The zero-order chi connectivity index (χ0) is 14.9. The van der Waals surface area contributed by atoms with Gasteiger partial charge < -0.3 is 10.5 Å². The van der Waals surface area contributed by atoms with Gasteiger partial charge in [0.1, 0.15) is 11.6 Å². The van der Waals surface area contributed by atoms with Gasteiger partial charge in [0.15, 0.2) is 0 Å². The summed E-state index contributed by atoms with van der Waals surface area (Å²) in [5.41, 5.74) is 8.59. The van der Waals surface area contributed by atoms with Gasteiger partial charge in [-0.25, -0.2) is 9.07 Å². The Balaban J connectivity index is 2.40. The molecule has 0 bridgehead atoms. The number of aromatic nitrogens is 2. The van der Waals surface area contributed by atoms with Crippen LogP contribution in [0.2, 0.25) is 0 Å². The molecule has 1 aromatic heterocycles. The molecule has 0 spiro atoms. The van der Waals surface area contributed by atoms with Gasteiger partial charge >= 0.3 is 0 Å². The zero-order valence-electron chi connectivity index (χ0n) is 12.3. The van der Waals surface area contributed by atoms with Crippen LogP contribution < -0.4 is 10.5 Å². The molecule has 20 heavy (non-hydrogen) atoms. The van der Waals surface area contributed by atoms with E-state index < -0.39 is 0 Å². The normalized spacial score (nSPS) is 12.5. The van der Waals surface area contributed by atoms with E-state index in [2.05, 4.69) is 5.10 Å². The summed E-state index contributed by atoms with van der Waals surface area (Å²) in [6, 6.07) is 4.50. The van der Waals surface area contributed by atoms with Gasteiger partial charge in [0.25, 0.3) is 0 Å². The van der Waals surface area contributed by atoms with Gasteiger partial charge in [0.05, 0.1) is 5.69 Å². The van der Waals surface area contributed by atoms with Gasteiger partial charge in [-0.05, 0) is 38.8 Å². The van der Waals surface area contributed by atoms with E-state index in [1.807, 2.05) is 27.8 Å². The Hall–Kier alpha value is -1.88. The molecule has 0 aliphatic heterocycles. The molecular formula is C15H20FN3O. The predicted octanol–water partition coefficient (Wildman–Crippen LogP) is 2.86. The second-order valence-electron chi connectivity index (χ2n) is 5.19. The minimum atomic E-state index is -0.321. The highest BCUT2D eigenvalue weighted by molar-refractivity contribution is 5.40. The van der Waals surface area contributed by atoms with Crippen LogP contribution in [0.1, 0.15) is 23.7 Å². The first-order valence-corrected chi connectivity index (χ1v) is 6.60. The molecule has 0 aliphatic carbocycles. The number of aryl methyl sites for hydroxylation is 3. The first kappa shape index (κ1) is 14.5. The van der Waals surface area contributed by atoms with Crippen molar-refractivity contribution in [1.82, 2.24) is 9.78 Å². The van der Waals surface area contributed by atoms with Gasteiger partial charge in [-0.15, -0.1) is 0 Å². The maximum Gasteiger partial charge on any atom is 0.221 e. The van der Waals surface area contributed by atoms with Crippen molar-refractivity contribution in [2.24, 2.45) is 12.8 Å². The molecule has 108 valence electrons. The van der Waals surface area contributed by atoms with Crippen LogP contribution in [0.15, 0.2) is 18.2 Å². The largest absolute Gasteiger partial charge is 0.439 e. The fourth-order valence-corrected chi connectivity index (χ4v) is 2.15. The number of nitrogens with two attached hydrogens (primary N) is 1. The molecule has 1 unspecified atom stereocenters. The van der Waals surface area contributed by atoms with E-state index in [4.69, 9.17) is 10.5 Å². The van der Waals surface area contributed by atoms with E-state index in [-0.39, 0.29) is 11.9 Å². The Kier molecular flexibility index (Phi) is 4.09. The van der Waals surface area contributed by atoms with Crippen molar-refractivity contribution >= 4 is 0 Å². The quantitative estimate of drug-likeness (QED) is 0.935. The summed E-state index contributed by atoms with van der Waals surface area (Å²) in [4.78, 5) is 0. The standard InChI is InChI=1S/C15H20FN3O/c1-9-5-6-12(16)8-14(9)20-15-13(7-10(2)17)11(3)18-19(15)4/h5-6,8,10H,7,17H2,1-4H3. The molecule has 1 aromatic carbocycles. The van der Waals surface area contributed by atoms with E-state index in [9.17, 15) is 4.39 Å². The molecule has 0 amide bonds. The van der Waals surface area contributed by atoms with Crippen molar-refractivity contribution in [2.45, 2.75) is 33.2 Å².